The van der Waals surface area contributed by atoms with E-state index >= 15 is 0 Å². The molecule has 1 atom stereocenters. The number of nitriles is 1. The van der Waals surface area contributed by atoms with Gasteiger partial charge in [0.25, 0.3) is 6.43 Å². The van der Waals surface area contributed by atoms with Crippen molar-refractivity contribution < 1.29 is 30.8 Å². The van der Waals surface area contributed by atoms with E-state index in [0.717, 1.165) is 41.6 Å². The van der Waals surface area contributed by atoms with Crippen molar-refractivity contribution in [3.8, 4) is 6.07 Å². The molecule has 0 N–H and O–H groups in total. The second-order valence-corrected chi connectivity index (χ2v) is 12.4. The fourth-order valence-electron chi connectivity index (χ4n) is 5.50. The molecular formula is C30H28F4N4O3S. The lowest BCUT2D eigenvalue weighted by atomic mass is 9.85. The summed E-state index contributed by atoms with van der Waals surface area (Å²) >= 11 is 0. The van der Waals surface area contributed by atoms with Crippen molar-refractivity contribution in [2.75, 3.05) is 11.4 Å². The van der Waals surface area contributed by atoms with Crippen molar-refractivity contribution in [3.05, 3.63) is 88.7 Å². The van der Waals surface area contributed by atoms with Gasteiger partial charge in [0.05, 0.1) is 22.7 Å². The molecule has 2 aliphatic rings. The van der Waals surface area contributed by atoms with Gasteiger partial charge in [0.1, 0.15) is 12.1 Å². The van der Waals surface area contributed by atoms with Gasteiger partial charge in [0.2, 0.25) is 15.9 Å². The Kier molecular flexibility index (Phi) is 8.61. The molecular weight excluding hydrogens is 572 g/mol. The molecule has 220 valence electrons. The molecule has 0 bridgehead atoms. The first-order valence-electron chi connectivity index (χ1n) is 13.7. The number of benzene rings is 2. The fourth-order valence-corrected chi connectivity index (χ4v) is 7.17. The van der Waals surface area contributed by atoms with Gasteiger partial charge in [-0.2, -0.15) is 9.57 Å². The van der Waals surface area contributed by atoms with Crippen LogP contribution in [0.3, 0.4) is 0 Å². The molecule has 2 fully saturated rings. The van der Waals surface area contributed by atoms with Crippen molar-refractivity contribution in [1.82, 2.24) is 9.29 Å². The van der Waals surface area contributed by atoms with Crippen LogP contribution in [-0.2, 0) is 21.4 Å². The number of aromatic nitrogens is 1. The first kappa shape index (κ1) is 29.7. The molecule has 1 amide bonds. The fraction of sp³-hybridized carbons (Fsp3) is 0.367. The predicted octanol–water partition coefficient (Wildman–Crippen LogP) is 6.21. The molecule has 12 heteroatoms. The molecule has 42 heavy (non-hydrogen) atoms. The third-order valence-corrected chi connectivity index (χ3v) is 9.81. The lowest BCUT2D eigenvalue weighted by Crippen LogP contribution is -2.59. The number of hydrogen-bond donors (Lipinski definition) is 0. The molecule has 5 rings (SSSR count). The van der Waals surface area contributed by atoms with Crippen molar-refractivity contribution in [1.29, 1.82) is 5.26 Å². The van der Waals surface area contributed by atoms with Gasteiger partial charge in [-0.15, -0.1) is 0 Å². The van der Waals surface area contributed by atoms with E-state index in [1.54, 1.807) is 12.3 Å². The van der Waals surface area contributed by atoms with Crippen molar-refractivity contribution in [3.63, 3.8) is 0 Å². The van der Waals surface area contributed by atoms with E-state index in [0.29, 0.717) is 17.7 Å². The number of nitrogens with zero attached hydrogens (tertiary/aromatic N) is 4. The lowest BCUT2D eigenvalue weighted by Gasteiger charge is -2.41. The van der Waals surface area contributed by atoms with Gasteiger partial charge < -0.3 is 4.90 Å². The molecule has 0 unspecified atom stereocenters. The van der Waals surface area contributed by atoms with Gasteiger partial charge in [-0.1, -0.05) is 37.5 Å². The highest BCUT2D eigenvalue weighted by molar-refractivity contribution is 7.89. The topological polar surface area (TPSA) is 94.4 Å². The summed E-state index contributed by atoms with van der Waals surface area (Å²) in [4.78, 5) is 19.0. The van der Waals surface area contributed by atoms with Crippen molar-refractivity contribution in [2.45, 2.75) is 68.4 Å². The highest BCUT2D eigenvalue weighted by Crippen LogP contribution is 2.34. The molecule has 2 aromatic carbocycles. The SMILES string of the molecule is N#Cc1cc(S(=O)(=O)N2CC[C@@H]2C(=O)N(Cc2ccc(C3CCCCC3)cn2)c2cccc(C(F)F)c2)cc(F)c1F. The van der Waals surface area contributed by atoms with Crippen LogP contribution in [0, 0.1) is 23.0 Å². The van der Waals surface area contributed by atoms with Crippen LogP contribution in [0.5, 0.6) is 0 Å². The smallest absolute Gasteiger partial charge is 0.263 e. The second kappa shape index (κ2) is 12.2. The summed E-state index contributed by atoms with van der Waals surface area (Å²) in [5.74, 6) is -3.26. The van der Waals surface area contributed by atoms with E-state index < -0.39 is 50.5 Å². The van der Waals surface area contributed by atoms with E-state index in [1.807, 2.05) is 6.07 Å². The number of alkyl halides is 2. The first-order valence-corrected chi connectivity index (χ1v) is 15.1. The third-order valence-electron chi connectivity index (χ3n) is 7.93. The average Bonchev–Trinajstić information content (AvgIpc) is 2.97. The molecule has 0 spiro atoms. The molecule has 2 heterocycles. The lowest BCUT2D eigenvalue weighted by molar-refractivity contribution is -0.125. The molecule has 1 saturated heterocycles. The second-order valence-electron chi connectivity index (χ2n) is 10.5. The number of amides is 1. The van der Waals surface area contributed by atoms with E-state index in [9.17, 15) is 30.8 Å². The highest BCUT2D eigenvalue weighted by Gasteiger charge is 2.45. The van der Waals surface area contributed by atoms with E-state index in [4.69, 9.17) is 5.26 Å². The molecule has 0 radical (unpaired) electrons. The summed E-state index contributed by atoms with van der Waals surface area (Å²) in [5.41, 5.74) is 0.619. The van der Waals surface area contributed by atoms with E-state index in [1.165, 1.54) is 41.7 Å². The van der Waals surface area contributed by atoms with Crippen LogP contribution in [-0.4, -0.2) is 36.2 Å². The number of hydrogen-bond acceptors (Lipinski definition) is 5. The number of rotatable bonds is 8. The third kappa shape index (κ3) is 5.89. The predicted molar refractivity (Wildman–Crippen MR) is 146 cm³/mol. The molecule has 1 aliphatic carbocycles. The Morgan fingerprint density at radius 2 is 1.83 bits per heavy atom. The zero-order chi connectivity index (χ0) is 30.0. The molecule has 7 nitrogen and oxygen atoms in total. The zero-order valence-corrected chi connectivity index (χ0v) is 23.3. The Balaban J connectivity index is 1.45. The number of carbonyl (C=O) groups is 1. The number of pyridine rings is 1. The summed E-state index contributed by atoms with van der Waals surface area (Å²) in [6.07, 6.45) is 4.75. The van der Waals surface area contributed by atoms with E-state index in [-0.39, 0.29) is 30.8 Å². The van der Waals surface area contributed by atoms with Gasteiger partial charge >= 0.3 is 0 Å². The first-order chi connectivity index (χ1) is 20.1. The number of sulfonamides is 1. The summed E-state index contributed by atoms with van der Waals surface area (Å²) in [6, 6.07) is 10.4. The van der Waals surface area contributed by atoms with Gasteiger partial charge in [0.15, 0.2) is 11.6 Å². The maximum absolute atomic E-state index is 14.1. The zero-order valence-electron chi connectivity index (χ0n) is 22.5. The minimum absolute atomic E-state index is 0.0845. The normalized spacial score (nSPS) is 18.0. The Hall–Kier alpha value is -3.82. The minimum Gasteiger partial charge on any atom is -0.305 e. The summed E-state index contributed by atoms with van der Waals surface area (Å²) in [6.45, 7) is -0.191. The van der Waals surface area contributed by atoms with Crippen LogP contribution >= 0.6 is 0 Å². The highest BCUT2D eigenvalue weighted by atomic mass is 32.2. The standard InChI is InChI=1S/C30H28F4N4O3S/c31-26-15-25(14-22(16-35)28(26)32)42(40,41)38-12-11-27(38)30(39)37(24-8-4-7-20(13-24)29(33)34)18-23-10-9-21(17-36-23)19-5-2-1-3-6-19/h4,7-10,13-15,17,19,27,29H,1-3,5-6,11-12,18H2/t27-/m1/s1. The number of halogens is 4. The molecule has 3 aromatic rings. The van der Waals surface area contributed by atoms with Crippen LogP contribution in [0.4, 0.5) is 23.2 Å². The van der Waals surface area contributed by atoms with Gasteiger partial charge in [-0.3, -0.25) is 9.78 Å². The van der Waals surface area contributed by atoms with Gasteiger partial charge in [0, 0.05) is 24.0 Å². The Morgan fingerprint density at radius 3 is 2.45 bits per heavy atom. The van der Waals surface area contributed by atoms with Crippen LogP contribution < -0.4 is 4.90 Å². The number of anilines is 1. The summed E-state index contributed by atoms with van der Waals surface area (Å²) in [5, 5.41) is 9.09. The van der Waals surface area contributed by atoms with Crippen LogP contribution in [0.1, 0.15) is 73.3 Å². The van der Waals surface area contributed by atoms with Crippen molar-refractivity contribution >= 4 is 21.6 Å². The number of carbonyl (C=O) groups excluding carboxylic acids is 1. The quantitative estimate of drug-likeness (QED) is 0.287. The monoisotopic (exact) mass is 600 g/mol. The van der Waals surface area contributed by atoms with Gasteiger partial charge in [-0.05, 0) is 61.1 Å². The Bertz CT molecular complexity index is 1620. The molecule has 1 aromatic heterocycles. The maximum Gasteiger partial charge on any atom is 0.263 e. The van der Waals surface area contributed by atoms with E-state index in [2.05, 4.69) is 4.98 Å². The average molecular weight is 601 g/mol. The van der Waals surface area contributed by atoms with Crippen LogP contribution in [0.15, 0.2) is 59.6 Å². The summed E-state index contributed by atoms with van der Waals surface area (Å²) in [7, 11) is -4.50. The maximum atomic E-state index is 14.1. The Morgan fingerprint density at radius 1 is 1.07 bits per heavy atom. The minimum atomic E-state index is -4.50. The largest absolute Gasteiger partial charge is 0.305 e. The van der Waals surface area contributed by atoms with Crippen molar-refractivity contribution in [2.24, 2.45) is 0 Å². The molecule has 1 saturated carbocycles. The Labute approximate surface area is 241 Å². The van der Waals surface area contributed by atoms with Gasteiger partial charge in [-0.25, -0.2) is 26.0 Å². The van der Waals surface area contributed by atoms with Crippen LogP contribution in [0.25, 0.3) is 0 Å². The molecule has 1 aliphatic heterocycles. The van der Waals surface area contributed by atoms with Crippen LogP contribution in [0.2, 0.25) is 0 Å². The summed E-state index contributed by atoms with van der Waals surface area (Å²) < 4.78 is 82.6.